The van der Waals surface area contributed by atoms with Gasteiger partial charge in [-0.1, -0.05) is 6.92 Å². The van der Waals surface area contributed by atoms with Gasteiger partial charge in [0.25, 0.3) is 0 Å². The highest BCUT2D eigenvalue weighted by molar-refractivity contribution is 5.75. The Morgan fingerprint density at radius 1 is 1.37 bits per heavy atom. The summed E-state index contributed by atoms with van der Waals surface area (Å²) in [5, 5.41) is 0. The van der Waals surface area contributed by atoms with Gasteiger partial charge in [0.1, 0.15) is 0 Å². The fourth-order valence-electron chi connectivity index (χ4n) is 2.53. The molecule has 1 aliphatic heterocycles. The Kier molecular flexibility index (Phi) is 4.71. The molecule has 2 heterocycles. The molecule has 1 aromatic rings. The highest BCUT2D eigenvalue weighted by Crippen LogP contribution is 2.20. The smallest absolute Gasteiger partial charge is 0.225 e. The molecule has 2 rings (SSSR count). The molecule has 0 atom stereocenters. The van der Waals surface area contributed by atoms with Gasteiger partial charge >= 0.3 is 0 Å². The molecule has 0 unspecified atom stereocenters. The number of aromatic nitrogens is 2. The van der Waals surface area contributed by atoms with Gasteiger partial charge in [0.05, 0.1) is 0 Å². The van der Waals surface area contributed by atoms with E-state index in [0.29, 0.717) is 12.3 Å². The zero-order valence-electron chi connectivity index (χ0n) is 11.7. The van der Waals surface area contributed by atoms with E-state index < -0.39 is 0 Å². The van der Waals surface area contributed by atoms with Crippen LogP contribution in [0.4, 0.5) is 5.95 Å². The molecule has 1 aliphatic rings. The van der Waals surface area contributed by atoms with Gasteiger partial charge in [-0.2, -0.15) is 0 Å². The Balaban J connectivity index is 1.81. The van der Waals surface area contributed by atoms with Crippen molar-refractivity contribution in [3.05, 3.63) is 18.5 Å². The third-order valence-electron chi connectivity index (χ3n) is 3.71. The van der Waals surface area contributed by atoms with E-state index in [0.717, 1.165) is 38.4 Å². The van der Waals surface area contributed by atoms with Gasteiger partial charge in [-0.05, 0) is 24.8 Å². The van der Waals surface area contributed by atoms with Crippen LogP contribution in [0.5, 0.6) is 0 Å². The van der Waals surface area contributed by atoms with Crippen molar-refractivity contribution in [3.63, 3.8) is 0 Å². The van der Waals surface area contributed by atoms with Crippen LogP contribution < -0.4 is 4.90 Å². The lowest BCUT2D eigenvalue weighted by Crippen LogP contribution is -2.39. The normalized spacial score (nSPS) is 16.4. The molecule has 0 N–H and O–H groups in total. The second-order valence-electron chi connectivity index (χ2n) is 5.11. The minimum Gasteiger partial charge on any atom is -0.345 e. The lowest BCUT2D eigenvalue weighted by atomic mass is 9.96. The summed E-state index contributed by atoms with van der Waals surface area (Å²) in [4.78, 5) is 24.2. The van der Waals surface area contributed by atoms with E-state index >= 15 is 0 Å². The van der Waals surface area contributed by atoms with E-state index in [-0.39, 0.29) is 5.91 Å². The quantitative estimate of drug-likeness (QED) is 0.826. The lowest BCUT2D eigenvalue weighted by molar-refractivity contribution is -0.130. The molecule has 19 heavy (non-hydrogen) atoms. The molecule has 0 spiro atoms. The number of rotatable bonds is 4. The van der Waals surface area contributed by atoms with Gasteiger partial charge in [0.15, 0.2) is 0 Å². The van der Waals surface area contributed by atoms with Crippen LogP contribution in [0.2, 0.25) is 0 Å². The maximum atomic E-state index is 11.6. The third kappa shape index (κ3) is 3.66. The van der Waals surface area contributed by atoms with E-state index in [1.165, 1.54) is 0 Å². The molecule has 1 fully saturated rings. The van der Waals surface area contributed by atoms with Gasteiger partial charge < -0.3 is 9.80 Å². The number of piperidine rings is 1. The topological polar surface area (TPSA) is 49.3 Å². The van der Waals surface area contributed by atoms with Crippen LogP contribution in [0.15, 0.2) is 18.5 Å². The van der Waals surface area contributed by atoms with Crippen molar-refractivity contribution in [3.8, 4) is 0 Å². The van der Waals surface area contributed by atoms with Crippen LogP contribution in [0.3, 0.4) is 0 Å². The standard InChI is InChI=1S/C14H22N4O/c1-3-13(19)17(2)11-12-5-9-18(10-6-12)14-15-7-4-8-16-14/h4,7-8,12H,3,5-6,9-11H2,1-2H3. The molecule has 0 radical (unpaired) electrons. The van der Waals surface area contributed by atoms with Crippen LogP contribution in [0.1, 0.15) is 26.2 Å². The fourth-order valence-corrected chi connectivity index (χ4v) is 2.53. The summed E-state index contributed by atoms with van der Waals surface area (Å²) in [5.74, 6) is 1.65. The fraction of sp³-hybridized carbons (Fsp3) is 0.643. The van der Waals surface area contributed by atoms with Crippen molar-refractivity contribution in [2.75, 3.05) is 31.6 Å². The van der Waals surface area contributed by atoms with Crippen molar-refractivity contribution in [2.24, 2.45) is 5.92 Å². The molecule has 0 bridgehead atoms. The monoisotopic (exact) mass is 262 g/mol. The summed E-state index contributed by atoms with van der Waals surface area (Å²) in [6, 6.07) is 1.83. The number of carbonyl (C=O) groups excluding carboxylic acids is 1. The van der Waals surface area contributed by atoms with Crippen molar-refractivity contribution in [1.82, 2.24) is 14.9 Å². The second-order valence-corrected chi connectivity index (χ2v) is 5.11. The molecule has 5 nitrogen and oxygen atoms in total. The minimum absolute atomic E-state index is 0.230. The van der Waals surface area contributed by atoms with E-state index in [2.05, 4.69) is 14.9 Å². The maximum Gasteiger partial charge on any atom is 0.225 e. The average Bonchev–Trinajstić information content (AvgIpc) is 2.48. The SMILES string of the molecule is CCC(=O)N(C)CC1CCN(c2ncccn2)CC1. The molecule has 0 aromatic carbocycles. The van der Waals surface area contributed by atoms with Gasteiger partial charge in [0, 0.05) is 45.5 Å². The summed E-state index contributed by atoms with van der Waals surface area (Å²) in [7, 11) is 1.90. The van der Waals surface area contributed by atoms with Crippen LogP contribution in [0.25, 0.3) is 0 Å². The Morgan fingerprint density at radius 2 is 2.00 bits per heavy atom. The Labute approximate surface area is 114 Å². The Hall–Kier alpha value is -1.65. The Morgan fingerprint density at radius 3 is 2.58 bits per heavy atom. The Bertz CT molecular complexity index is 401. The maximum absolute atomic E-state index is 11.6. The van der Waals surface area contributed by atoms with Crippen LogP contribution >= 0.6 is 0 Å². The van der Waals surface area contributed by atoms with Crippen LogP contribution in [0, 0.1) is 5.92 Å². The summed E-state index contributed by atoms with van der Waals surface area (Å²) < 4.78 is 0. The third-order valence-corrected chi connectivity index (χ3v) is 3.71. The van der Waals surface area contributed by atoms with Crippen LogP contribution in [-0.4, -0.2) is 47.5 Å². The number of amides is 1. The predicted molar refractivity (Wildman–Crippen MR) is 74.9 cm³/mol. The van der Waals surface area contributed by atoms with E-state index in [1.807, 2.05) is 24.9 Å². The summed E-state index contributed by atoms with van der Waals surface area (Å²) >= 11 is 0. The minimum atomic E-state index is 0.230. The van der Waals surface area contributed by atoms with Gasteiger partial charge in [-0.15, -0.1) is 0 Å². The van der Waals surface area contributed by atoms with Crippen LogP contribution in [-0.2, 0) is 4.79 Å². The summed E-state index contributed by atoms with van der Waals surface area (Å²) in [5.41, 5.74) is 0. The highest BCUT2D eigenvalue weighted by atomic mass is 16.2. The van der Waals surface area contributed by atoms with Crippen molar-refractivity contribution < 1.29 is 4.79 Å². The molecular formula is C14H22N4O. The van der Waals surface area contributed by atoms with E-state index in [9.17, 15) is 4.79 Å². The molecule has 0 saturated carbocycles. The number of hydrogen-bond acceptors (Lipinski definition) is 4. The number of hydrogen-bond donors (Lipinski definition) is 0. The first kappa shape index (κ1) is 13.8. The van der Waals surface area contributed by atoms with E-state index in [4.69, 9.17) is 0 Å². The first-order valence-corrected chi connectivity index (χ1v) is 6.96. The zero-order valence-corrected chi connectivity index (χ0v) is 11.7. The molecule has 1 aromatic heterocycles. The molecular weight excluding hydrogens is 240 g/mol. The molecule has 5 heteroatoms. The van der Waals surface area contributed by atoms with Crippen molar-refractivity contribution in [2.45, 2.75) is 26.2 Å². The lowest BCUT2D eigenvalue weighted by Gasteiger charge is -2.33. The largest absolute Gasteiger partial charge is 0.345 e. The second kappa shape index (κ2) is 6.50. The molecule has 1 saturated heterocycles. The summed E-state index contributed by atoms with van der Waals surface area (Å²) in [6.07, 6.45) is 6.34. The number of carbonyl (C=O) groups is 1. The number of anilines is 1. The summed E-state index contributed by atoms with van der Waals surface area (Å²) in [6.45, 7) is 4.73. The van der Waals surface area contributed by atoms with Gasteiger partial charge in [-0.3, -0.25) is 4.79 Å². The van der Waals surface area contributed by atoms with E-state index in [1.54, 1.807) is 12.4 Å². The first-order valence-electron chi connectivity index (χ1n) is 6.96. The van der Waals surface area contributed by atoms with Gasteiger partial charge in [-0.25, -0.2) is 9.97 Å². The van der Waals surface area contributed by atoms with Crippen molar-refractivity contribution >= 4 is 11.9 Å². The molecule has 104 valence electrons. The molecule has 1 amide bonds. The number of nitrogens with zero attached hydrogens (tertiary/aromatic N) is 4. The highest BCUT2D eigenvalue weighted by Gasteiger charge is 2.22. The predicted octanol–water partition coefficient (Wildman–Crippen LogP) is 1.56. The molecule has 0 aliphatic carbocycles. The zero-order chi connectivity index (χ0) is 13.7. The average molecular weight is 262 g/mol. The van der Waals surface area contributed by atoms with Gasteiger partial charge in [0.2, 0.25) is 11.9 Å². The van der Waals surface area contributed by atoms with Crippen molar-refractivity contribution in [1.29, 1.82) is 0 Å². The first-order chi connectivity index (χ1) is 9.20.